The molecular weight excluding hydrogens is 707 g/mol. The molecule has 54 heavy (non-hydrogen) atoms. The molecule has 7 rings (SSSR count). The molecule has 3 heterocycles. The van der Waals surface area contributed by atoms with Gasteiger partial charge in [0.15, 0.2) is 17.0 Å². The lowest BCUT2D eigenvalue weighted by Gasteiger charge is -2.37. The lowest BCUT2D eigenvalue weighted by atomic mass is 9.77. The summed E-state index contributed by atoms with van der Waals surface area (Å²) in [5.74, 6) is 1.44. The normalized spacial score (nSPS) is 17.3. The Labute approximate surface area is 307 Å². The third-order valence-electron chi connectivity index (χ3n) is 9.16. The summed E-state index contributed by atoms with van der Waals surface area (Å²) in [4.78, 5) is 26.1. The molecule has 1 saturated heterocycles. The number of alkyl halides is 3. The van der Waals surface area contributed by atoms with Gasteiger partial charge in [0.25, 0.3) is 0 Å². The fraction of sp³-hybridized carbons (Fsp3) is 0.231. The fourth-order valence-corrected chi connectivity index (χ4v) is 6.47. The quantitative estimate of drug-likeness (QED) is 0.0797. The summed E-state index contributed by atoms with van der Waals surface area (Å²) in [7, 11) is 3.21. The molecule has 1 aliphatic rings. The van der Waals surface area contributed by atoms with Gasteiger partial charge in [-0.25, -0.2) is 19.7 Å². The second-order valence-corrected chi connectivity index (χ2v) is 12.4. The first-order valence-electron chi connectivity index (χ1n) is 16.7. The van der Waals surface area contributed by atoms with Gasteiger partial charge in [0.2, 0.25) is 0 Å². The van der Waals surface area contributed by atoms with Crippen molar-refractivity contribution in [2.24, 2.45) is 0 Å². The van der Waals surface area contributed by atoms with Gasteiger partial charge in [0, 0.05) is 6.42 Å². The molecule has 6 aromatic rings. The van der Waals surface area contributed by atoms with Crippen molar-refractivity contribution in [1.29, 1.82) is 0 Å². The number of hydrogen-bond acceptors (Lipinski definition) is 11. The van der Waals surface area contributed by atoms with Crippen molar-refractivity contribution in [3.05, 3.63) is 138 Å². The Hall–Kier alpha value is -6.19. The maximum absolute atomic E-state index is 13.1. The number of rotatable bonds is 11. The second-order valence-electron chi connectivity index (χ2n) is 12.4. The Kier molecular flexibility index (Phi) is 10.1. The molecule has 15 heteroatoms. The van der Waals surface area contributed by atoms with Gasteiger partial charge in [-0.15, -0.1) is 0 Å². The number of carbonyl (C=O) groups excluding carboxylic acids is 1. The molecule has 1 fully saturated rings. The van der Waals surface area contributed by atoms with Crippen molar-refractivity contribution in [2.75, 3.05) is 26.1 Å². The molecule has 2 aromatic heterocycles. The Morgan fingerprint density at radius 1 is 0.833 bits per heavy atom. The number of benzene rings is 4. The number of nitrogens with zero attached hydrogens (tertiary/aromatic N) is 4. The summed E-state index contributed by atoms with van der Waals surface area (Å²) in [6.07, 6.45) is -5.64. The van der Waals surface area contributed by atoms with Crippen molar-refractivity contribution in [2.45, 2.75) is 36.6 Å². The third kappa shape index (κ3) is 7.23. The molecule has 1 aliphatic heterocycles. The molecule has 0 saturated carbocycles. The first-order valence-corrected chi connectivity index (χ1v) is 16.7. The topological polar surface area (TPSA) is 139 Å². The summed E-state index contributed by atoms with van der Waals surface area (Å²) in [6.45, 7) is -0.423. The summed E-state index contributed by atoms with van der Waals surface area (Å²) in [5, 5.41) is 14.6. The number of nitrogens with one attached hydrogen (secondary N) is 1. The molecule has 12 nitrogen and oxygen atoms in total. The molecule has 0 spiro atoms. The Bertz CT molecular complexity index is 2170. The highest BCUT2D eigenvalue weighted by Gasteiger charge is 2.40. The number of halogens is 3. The van der Waals surface area contributed by atoms with Crippen LogP contribution in [-0.2, 0) is 21.2 Å². The zero-order valence-corrected chi connectivity index (χ0v) is 28.9. The van der Waals surface area contributed by atoms with Crippen LogP contribution in [0.2, 0.25) is 0 Å². The average Bonchev–Trinajstić information content (AvgIpc) is 3.80. The third-order valence-corrected chi connectivity index (χ3v) is 9.16. The number of fused-ring (bicyclic) bond motifs is 1. The number of aromatic nitrogens is 4. The Morgan fingerprint density at radius 3 is 2.09 bits per heavy atom. The van der Waals surface area contributed by atoms with Gasteiger partial charge in [-0.2, -0.15) is 13.2 Å². The molecule has 2 N–H and O–H groups in total. The van der Waals surface area contributed by atoms with Crippen LogP contribution in [0.4, 0.5) is 23.8 Å². The van der Waals surface area contributed by atoms with Crippen LogP contribution in [0.15, 0.2) is 116 Å². The van der Waals surface area contributed by atoms with E-state index in [2.05, 4.69) is 20.3 Å². The van der Waals surface area contributed by atoms with Crippen molar-refractivity contribution in [1.82, 2.24) is 19.5 Å². The zero-order valence-electron chi connectivity index (χ0n) is 28.9. The number of methoxy groups -OCH3 is 2. The number of anilines is 1. The summed E-state index contributed by atoms with van der Waals surface area (Å²) >= 11 is 0. The van der Waals surface area contributed by atoms with E-state index < -0.39 is 48.5 Å². The van der Waals surface area contributed by atoms with Crippen molar-refractivity contribution in [3.63, 3.8) is 0 Å². The fourth-order valence-electron chi connectivity index (χ4n) is 6.47. The van der Waals surface area contributed by atoms with Gasteiger partial charge in [-0.05, 0) is 59.2 Å². The minimum Gasteiger partial charge on any atom is -0.497 e. The largest absolute Gasteiger partial charge is 0.513 e. The summed E-state index contributed by atoms with van der Waals surface area (Å²) < 4.78 is 67.9. The Morgan fingerprint density at radius 2 is 1.46 bits per heavy atom. The van der Waals surface area contributed by atoms with Crippen molar-refractivity contribution < 1.29 is 46.8 Å². The van der Waals surface area contributed by atoms with E-state index in [-0.39, 0.29) is 12.2 Å². The van der Waals surface area contributed by atoms with Crippen molar-refractivity contribution >= 4 is 23.1 Å². The SMILES string of the molecule is COc1ccc(C(Nc2ncnc3c2ncn3[C@H]2C[C@H](O)[C@@H](COC(=O)Oc3cccc(C(F)(F)F)c3)O2)(c2ccccc2)c2ccc(OC)cc2)cc1. The van der Waals surface area contributed by atoms with Crippen LogP contribution in [0.3, 0.4) is 0 Å². The van der Waals surface area contributed by atoms with Gasteiger partial charge in [-0.1, -0.05) is 60.7 Å². The molecule has 0 radical (unpaired) electrons. The molecule has 0 amide bonds. The average molecular weight is 742 g/mol. The molecule has 0 unspecified atom stereocenters. The number of ether oxygens (including phenoxy) is 5. The van der Waals surface area contributed by atoms with E-state index >= 15 is 0 Å². The molecule has 0 aliphatic carbocycles. The number of aliphatic hydroxyl groups excluding tert-OH is 1. The lowest BCUT2D eigenvalue weighted by Crippen LogP contribution is -2.38. The minimum absolute atomic E-state index is 0.0978. The van der Waals surface area contributed by atoms with Crippen molar-refractivity contribution in [3.8, 4) is 17.2 Å². The van der Waals surface area contributed by atoms with Gasteiger partial charge < -0.3 is 34.1 Å². The van der Waals surface area contributed by atoms with E-state index in [0.717, 1.165) is 28.8 Å². The predicted octanol–water partition coefficient (Wildman–Crippen LogP) is 7.13. The number of carbonyl (C=O) groups is 1. The van der Waals surface area contributed by atoms with Crippen LogP contribution in [0, 0.1) is 0 Å². The monoisotopic (exact) mass is 741 g/mol. The van der Waals surface area contributed by atoms with Gasteiger partial charge in [0.05, 0.1) is 32.2 Å². The van der Waals surface area contributed by atoms with Crippen LogP contribution < -0.4 is 19.5 Å². The van der Waals surface area contributed by atoms with E-state index in [1.54, 1.807) is 18.8 Å². The van der Waals surface area contributed by atoms with E-state index in [1.165, 1.54) is 18.7 Å². The number of aliphatic hydroxyl groups is 1. The van der Waals surface area contributed by atoms with E-state index in [4.69, 9.17) is 23.7 Å². The van der Waals surface area contributed by atoms with Crippen LogP contribution in [0.25, 0.3) is 11.2 Å². The molecular formula is C39H34F3N5O7. The van der Waals surface area contributed by atoms with Gasteiger partial charge >= 0.3 is 12.3 Å². The van der Waals surface area contributed by atoms with E-state index in [9.17, 15) is 23.1 Å². The number of hydrogen-bond donors (Lipinski definition) is 2. The highest BCUT2D eigenvalue weighted by Crippen LogP contribution is 2.42. The molecule has 3 atom stereocenters. The second kappa shape index (κ2) is 15.0. The maximum Gasteiger partial charge on any atom is 0.513 e. The predicted molar refractivity (Wildman–Crippen MR) is 189 cm³/mol. The number of imidazole rings is 1. The lowest BCUT2D eigenvalue weighted by molar-refractivity contribution is -0.137. The standard InChI is InChI=1S/C39H34F3N5O7/c1-50-28-15-11-25(12-16-28)38(24-7-4-3-5-8-24,26-13-17-29(51-2)18-14-26)46-35-34-36(44-22-43-35)47(23-45-34)33-20-31(48)32(54-33)21-52-37(49)53-30-10-6-9-27(19-30)39(40,41)42/h3-19,22-23,31-33,48H,20-21H2,1-2H3,(H,43,44,46)/t31-,32+,33+/m0/s1. The summed E-state index contributed by atoms with van der Waals surface area (Å²) in [6, 6.07) is 29.2. The van der Waals surface area contributed by atoms with Crippen LogP contribution in [0.5, 0.6) is 17.2 Å². The van der Waals surface area contributed by atoms with Gasteiger partial charge in [0.1, 0.15) is 48.1 Å². The molecule has 0 bridgehead atoms. The smallest absolute Gasteiger partial charge is 0.497 e. The first kappa shape index (κ1) is 36.2. The first-order chi connectivity index (χ1) is 26.1. The highest BCUT2D eigenvalue weighted by atomic mass is 19.4. The van der Waals surface area contributed by atoms with Crippen LogP contribution >= 0.6 is 0 Å². The van der Waals surface area contributed by atoms with Crippen LogP contribution in [0.1, 0.15) is 34.9 Å². The van der Waals surface area contributed by atoms with E-state index in [0.29, 0.717) is 34.5 Å². The molecule has 4 aromatic carbocycles. The highest BCUT2D eigenvalue weighted by molar-refractivity contribution is 5.84. The minimum atomic E-state index is -4.61. The van der Waals surface area contributed by atoms with Crippen LogP contribution in [-0.4, -0.2) is 63.8 Å². The molecule has 278 valence electrons. The Balaban J connectivity index is 1.16. The maximum atomic E-state index is 13.1. The zero-order chi connectivity index (χ0) is 37.9. The van der Waals surface area contributed by atoms with E-state index in [1.807, 2.05) is 78.9 Å². The van der Waals surface area contributed by atoms with Gasteiger partial charge in [-0.3, -0.25) is 4.57 Å². The summed E-state index contributed by atoms with van der Waals surface area (Å²) in [5.41, 5.74) is 1.50.